The van der Waals surface area contributed by atoms with E-state index < -0.39 is 5.91 Å². The largest absolute Gasteiger partial charge is 0.304 e. The molecule has 0 bridgehead atoms. The number of aromatic nitrogens is 3. The van der Waals surface area contributed by atoms with Gasteiger partial charge in [-0.1, -0.05) is 34.8 Å². The molecule has 0 atom stereocenters. The molecule has 0 aromatic carbocycles. The number of hydrogen-bond acceptors (Lipinski definition) is 3. The van der Waals surface area contributed by atoms with Crippen molar-refractivity contribution >= 4 is 46.5 Å². The highest BCUT2D eigenvalue weighted by molar-refractivity contribution is 6.49. The Balaban J connectivity index is 2.27. The summed E-state index contributed by atoms with van der Waals surface area (Å²) in [6.07, 6.45) is 1.26. The minimum absolute atomic E-state index is 0.00767. The monoisotopic (exact) mass is 304 g/mol. The molecule has 0 saturated heterocycles. The zero-order valence-corrected chi connectivity index (χ0v) is 11.4. The summed E-state index contributed by atoms with van der Waals surface area (Å²) in [6, 6.07) is 1.67. The second kappa shape index (κ2) is 5.14. The maximum absolute atomic E-state index is 11.9. The van der Waals surface area contributed by atoms with Crippen molar-refractivity contribution in [1.29, 1.82) is 0 Å². The maximum Gasteiger partial charge on any atom is 0.277 e. The van der Waals surface area contributed by atoms with Crippen molar-refractivity contribution in [2.45, 2.75) is 6.92 Å². The lowest BCUT2D eigenvalue weighted by Crippen LogP contribution is -2.14. The number of aryl methyl sites for hydroxylation is 1. The Labute approximate surface area is 117 Å². The van der Waals surface area contributed by atoms with Gasteiger partial charge in [-0.2, -0.15) is 5.10 Å². The average molecular weight is 306 g/mol. The van der Waals surface area contributed by atoms with Gasteiger partial charge in [0.05, 0.1) is 15.1 Å². The van der Waals surface area contributed by atoms with Crippen LogP contribution in [0.15, 0.2) is 12.3 Å². The number of carbonyl (C=O) groups is 1. The highest BCUT2D eigenvalue weighted by atomic mass is 35.5. The quantitative estimate of drug-likeness (QED) is 0.894. The minimum Gasteiger partial charge on any atom is -0.304 e. The lowest BCUT2D eigenvalue weighted by Gasteiger charge is -2.05. The number of anilines is 1. The van der Waals surface area contributed by atoms with Crippen LogP contribution >= 0.6 is 34.8 Å². The van der Waals surface area contributed by atoms with Crippen LogP contribution in [0.3, 0.4) is 0 Å². The molecule has 0 aliphatic rings. The van der Waals surface area contributed by atoms with Crippen molar-refractivity contribution in [2.75, 3.05) is 5.32 Å². The molecule has 0 saturated carbocycles. The Morgan fingerprint density at radius 2 is 2.06 bits per heavy atom. The van der Waals surface area contributed by atoms with E-state index in [1.807, 2.05) is 6.92 Å². The molecule has 18 heavy (non-hydrogen) atoms. The average Bonchev–Trinajstić information content (AvgIpc) is 2.71. The molecule has 0 spiro atoms. The van der Waals surface area contributed by atoms with Gasteiger partial charge in [0.1, 0.15) is 5.69 Å². The van der Waals surface area contributed by atoms with Crippen LogP contribution in [0.25, 0.3) is 0 Å². The van der Waals surface area contributed by atoms with E-state index in [9.17, 15) is 4.79 Å². The lowest BCUT2D eigenvalue weighted by molar-refractivity contribution is 0.102. The van der Waals surface area contributed by atoms with Gasteiger partial charge >= 0.3 is 0 Å². The lowest BCUT2D eigenvalue weighted by atomic mass is 10.3. The van der Waals surface area contributed by atoms with E-state index in [0.29, 0.717) is 5.82 Å². The van der Waals surface area contributed by atoms with Crippen LogP contribution in [0.4, 0.5) is 5.82 Å². The molecule has 2 N–H and O–H groups in total. The normalized spacial score (nSPS) is 10.4. The smallest absolute Gasteiger partial charge is 0.277 e. The third kappa shape index (κ3) is 2.58. The van der Waals surface area contributed by atoms with E-state index in [1.165, 1.54) is 6.20 Å². The first kappa shape index (κ1) is 13.1. The van der Waals surface area contributed by atoms with E-state index in [2.05, 4.69) is 20.5 Å². The number of hydrogen-bond donors (Lipinski definition) is 2. The van der Waals surface area contributed by atoms with Crippen molar-refractivity contribution in [1.82, 2.24) is 15.2 Å². The van der Waals surface area contributed by atoms with Gasteiger partial charge in [0.25, 0.3) is 5.91 Å². The van der Waals surface area contributed by atoms with Crippen LogP contribution in [-0.2, 0) is 0 Å². The number of rotatable bonds is 2. The molecule has 0 radical (unpaired) electrons. The third-order valence-corrected chi connectivity index (χ3v) is 3.32. The minimum atomic E-state index is -0.509. The molecule has 94 valence electrons. The van der Waals surface area contributed by atoms with E-state index in [1.54, 1.807) is 6.07 Å². The Morgan fingerprint density at radius 1 is 1.33 bits per heavy atom. The van der Waals surface area contributed by atoms with Crippen LogP contribution in [-0.4, -0.2) is 21.1 Å². The Hall–Kier alpha value is -1.30. The molecular formula is C10H7Cl3N4O. The van der Waals surface area contributed by atoms with Crippen LogP contribution in [0.2, 0.25) is 15.1 Å². The van der Waals surface area contributed by atoms with Crippen LogP contribution in [0.5, 0.6) is 0 Å². The molecule has 2 aromatic heterocycles. The fraction of sp³-hybridized carbons (Fsp3) is 0.100. The van der Waals surface area contributed by atoms with E-state index in [-0.39, 0.29) is 20.8 Å². The molecule has 1 amide bonds. The summed E-state index contributed by atoms with van der Waals surface area (Å²) in [4.78, 5) is 15.7. The van der Waals surface area contributed by atoms with Gasteiger partial charge in [-0.15, -0.1) is 0 Å². The van der Waals surface area contributed by atoms with Crippen molar-refractivity contribution in [3.63, 3.8) is 0 Å². The first-order valence-corrected chi connectivity index (χ1v) is 5.95. The molecule has 5 nitrogen and oxygen atoms in total. The van der Waals surface area contributed by atoms with Gasteiger partial charge in [-0.3, -0.25) is 9.89 Å². The van der Waals surface area contributed by atoms with Gasteiger partial charge in [-0.05, 0) is 6.92 Å². The number of amides is 1. The molecule has 2 heterocycles. The Morgan fingerprint density at radius 3 is 2.67 bits per heavy atom. The molecule has 0 aliphatic heterocycles. The van der Waals surface area contributed by atoms with Crippen molar-refractivity contribution < 1.29 is 4.79 Å². The zero-order chi connectivity index (χ0) is 13.3. The number of aromatic amines is 1. The number of H-pyrrole nitrogens is 1. The summed E-state index contributed by atoms with van der Waals surface area (Å²) in [5.74, 6) is -0.133. The van der Waals surface area contributed by atoms with Gasteiger partial charge in [0.15, 0.2) is 5.82 Å². The first-order valence-electron chi connectivity index (χ1n) is 4.82. The van der Waals surface area contributed by atoms with E-state index >= 15 is 0 Å². The fourth-order valence-electron chi connectivity index (χ4n) is 1.26. The summed E-state index contributed by atoms with van der Waals surface area (Å²) < 4.78 is 0. The number of nitrogens with zero attached hydrogens (tertiary/aromatic N) is 2. The van der Waals surface area contributed by atoms with E-state index in [0.717, 1.165) is 5.69 Å². The van der Waals surface area contributed by atoms with E-state index in [4.69, 9.17) is 34.8 Å². The van der Waals surface area contributed by atoms with Crippen molar-refractivity contribution in [3.8, 4) is 0 Å². The van der Waals surface area contributed by atoms with Crippen LogP contribution < -0.4 is 5.32 Å². The van der Waals surface area contributed by atoms with Gasteiger partial charge in [0, 0.05) is 18.0 Å². The first-order chi connectivity index (χ1) is 8.49. The standard InChI is InChI=1S/C10H7Cl3N4O/c1-4-2-6(17-16-4)15-10(18)9-8(13)7(12)5(11)3-14-9/h2-3H,1H3,(H2,15,16,17,18). The summed E-state index contributed by atoms with van der Waals surface area (Å²) in [7, 11) is 0. The van der Waals surface area contributed by atoms with Crippen LogP contribution in [0.1, 0.15) is 16.2 Å². The summed E-state index contributed by atoms with van der Waals surface area (Å²) in [5, 5.41) is 9.39. The molecule has 0 aliphatic carbocycles. The SMILES string of the molecule is Cc1cc(NC(=O)c2ncc(Cl)c(Cl)c2Cl)n[nH]1. The van der Waals surface area contributed by atoms with Gasteiger partial charge in [0.2, 0.25) is 0 Å². The molecule has 0 unspecified atom stereocenters. The zero-order valence-electron chi connectivity index (χ0n) is 9.09. The maximum atomic E-state index is 11.9. The highest BCUT2D eigenvalue weighted by Crippen LogP contribution is 2.31. The van der Waals surface area contributed by atoms with Crippen molar-refractivity contribution in [3.05, 3.63) is 38.7 Å². The molecule has 8 heteroatoms. The van der Waals surface area contributed by atoms with Gasteiger partial charge in [-0.25, -0.2) is 4.98 Å². The van der Waals surface area contributed by atoms with Crippen molar-refractivity contribution in [2.24, 2.45) is 0 Å². The fourth-order valence-corrected chi connectivity index (χ4v) is 1.83. The third-order valence-electron chi connectivity index (χ3n) is 2.08. The molecule has 2 rings (SSSR count). The number of carbonyl (C=O) groups excluding carboxylic acids is 1. The second-order valence-corrected chi connectivity index (χ2v) is 4.64. The molecular weight excluding hydrogens is 298 g/mol. The second-order valence-electron chi connectivity index (χ2n) is 3.47. The summed E-state index contributed by atoms with van der Waals surface area (Å²) in [5.41, 5.74) is 0.810. The molecule has 0 fully saturated rings. The summed E-state index contributed by atoms with van der Waals surface area (Å²) in [6.45, 7) is 1.81. The number of nitrogens with one attached hydrogen (secondary N) is 2. The topological polar surface area (TPSA) is 70.7 Å². The predicted molar refractivity (Wildman–Crippen MR) is 70.5 cm³/mol. The predicted octanol–water partition coefficient (Wildman–Crippen LogP) is 3.33. The van der Waals surface area contributed by atoms with Gasteiger partial charge < -0.3 is 5.32 Å². The number of halogens is 3. The Bertz CT molecular complexity index is 611. The van der Waals surface area contributed by atoms with Crippen LogP contribution in [0, 0.1) is 6.92 Å². The number of pyridine rings is 1. The summed E-state index contributed by atoms with van der Waals surface area (Å²) >= 11 is 17.5. The molecule has 2 aromatic rings. The highest BCUT2D eigenvalue weighted by Gasteiger charge is 2.17. The Kier molecular flexibility index (Phi) is 3.75.